The lowest BCUT2D eigenvalue weighted by Crippen LogP contribution is -2.44. The van der Waals surface area contributed by atoms with E-state index in [1.165, 1.54) is 29.2 Å². The van der Waals surface area contributed by atoms with Crippen LogP contribution in [0.25, 0.3) is 6.08 Å². The predicted octanol–water partition coefficient (Wildman–Crippen LogP) is 7.94. The maximum Gasteiger partial charge on any atom is 0.416 e. The summed E-state index contributed by atoms with van der Waals surface area (Å²) in [6.45, 7) is 1.43. The smallest absolute Gasteiger partial charge is 0.339 e. The van der Waals surface area contributed by atoms with Crippen LogP contribution in [-0.4, -0.2) is 47.9 Å². The van der Waals surface area contributed by atoms with Crippen molar-refractivity contribution < 1.29 is 49.1 Å². The number of carbonyl (C=O) groups excluding carboxylic acids is 2. The number of hydrogen-bond donors (Lipinski definition) is 1. The summed E-state index contributed by atoms with van der Waals surface area (Å²) in [7, 11) is 0. The summed E-state index contributed by atoms with van der Waals surface area (Å²) >= 11 is 0. The van der Waals surface area contributed by atoms with E-state index in [0.29, 0.717) is 50.9 Å². The van der Waals surface area contributed by atoms with Crippen LogP contribution in [0.2, 0.25) is 0 Å². The minimum absolute atomic E-state index is 0.00728. The Morgan fingerprint density at radius 3 is 1.65 bits per heavy atom. The molecule has 2 aromatic carbocycles. The van der Waals surface area contributed by atoms with E-state index >= 15 is 0 Å². The molecule has 234 valence electrons. The first-order chi connectivity index (χ1) is 20.0. The van der Waals surface area contributed by atoms with E-state index in [-0.39, 0.29) is 42.5 Å². The summed E-state index contributed by atoms with van der Waals surface area (Å²) in [5.41, 5.74) is -4.20. The maximum atomic E-state index is 13.1. The molecule has 0 aromatic heterocycles. The van der Waals surface area contributed by atoms with Crippen molar-refractivity contribution in [3.8, 4) is 0 Å². The molecule has 0 aliphatic carbocycles. The molecule has 0 atom stereocenters. The van der Waals surface area contributed by atoms with Crippen molar-refractivity contribution in [3.63, 3.8) is 0 Å². The fourth-order valence-electron chi connectivity index (χ4n) is 5.49. The van der Waals surface area contributed by atoms with Crippen molar-refractivity contribution in [2.45, 2.75) is 44.2 Å². The lowest BCUT2D eigenvalue weighted by Gasteiger charge is -2.40. The molecule has 2 aliphatic heterocycles. The van der Waals surface area contributed by atoms with Gasteiger partial charge < -0.3 is 15.1 Å². The highest BCUT2D eigenvalue weighted by molar-refractivity contribution is 5.92. The summed E-state index contributed by atoms with van der Waals surface area (Å²) in [6.07, 6.45) is -9.43. The third-order valence-electron chi connectivity index (χ3n) is 7.82. The molecular weight excluding hydrogens is 593 g/mol. The number of piperidine rings is 2. The molecule has 43 heavy (non-hydrogen) atoms. The Balaban J connectivity index is 1.27. The first kappa shape index (κ1) is 32.2. The van der Waals surface area contributed by atoms with E-state index in [2.05, 4.69) is 5.32 Å². The molecule has 0 unspecified atom stereocenters. The predicted molar refractivity (Wildman–Crippen MR) is 140 cm³/mol. The monoisotopic (exact) mass is 621 g/mol. The lowest BCUT2D eigenvalue weighted by atomic mass is 9.79. The second kappa shape index (κ2) is 12.5. The Kier molecular flexibility index (Phi) is 9.36. The van der Waals surface area contributed by atoms with Crippen molar-refractivity contribution >= 4 is 23.7 Å². The summed E-state index contributed by atoms with van der Waals surface area (Å²) in [5, 5.41) is 2.16. The molecule has 14 heteroatoms. The number of anilines is 1. The summed E-state index contributed by atoms with van der Waals surface area (Å²) in [6, 6.07) is 4.77. The van der Waals surface area contributed by atoms with E-state index in [1.54, 1.807) is 4.90 Å². The molecule has 0 radical (unpaired) electrons. The number of halogens is 9. The normalized spacial score (nSPS) is 17.9. The van der Waals surface area contributed by atoms with Crippen molar-refractivity contribution in [1.82, 2.24) is 9.80 Å². The molecule has 1 N–H and O–H groups in total. The average Bonchev–Trinajstić information content (AvgIpc) is 2.94. The van der Waals surface area contributed by atoms with Gasteiger partial charge in [0.2, 0.25) is 5.91 Å². The average molecular weight is 622 g/mol. The number of amides is 3. The zero-order valence-electron chi connectivity index (χ0n) is 22.6. The highest BCUT2D eigenvalue weighted by Gasteiger charge is 2.38. The van der Waals surface area contributed by atoms with Crippen LogP contribution in [0.1, 0.15) is 47.9 Å². The third-order valence-corrected chi connectivity index (χ3v) is 7.82. The van der Waals surface area contributed by atoms with Crippen LogP contribution in [0.4, 0.5) is 50.0 Å². The second-order valence-corrected chi connectivity index (χ2v) is 10.7. The van der Waals surface area contributed by atoms with Gasteiger partial charge in [-0.2, -0.15) is 39.5 Å². The molecule has 2 aromatic rings. The summed E-state index contributed by atoms with van der Waals surface area (Å²) in [4.78, 5) is 28.2. The molecule has 2 saturated heterocycles. The van der Waals surface area contributed by atoms with E-state index < -0.39 is 46.9 Å². The summed E-state index contributed by atoms with van der Waals surface area (Å²) in [5.74, 6) is 0.150. The number of rotatable bonds is 4. The highest BCUT2D eigenvalue weighted by atomic mass is 19.4. The van der Waals surface area contributed by atoms with Gasteiger partial charge in [0.15, 0.2) is 0 Å². The van der Waals surface area contributed by atoms with E-state index in [0.717, 1.165) is 12.1 Å². The van der Waals surface area contributed by atoms with Gasteiger partial charge in [-0.25, -0.2) is 4.79 Å². The van der Waals surface area contributed by atoms with Crippen LogP contribution in [0, 0.1) is 11.8 Å². The summed E-state index contributed by atoms with van der Waals surface area (Å²) < 4.78 is 117. The number of alkyl halides is 9. The Bertz CT molecular complexity index is 1300. The Morgan fingerprint density at radius 2 is 1.16 bits per heavy atom. The maximum absolute atomic E-state index is 13.1. The van der Waals surface area contributed by atoms with Crippen LogP contribution in [0.3, 0.4) is 0 Å². The molecule has 3 amide bonds. The van der Waals surface area contributed by atoms with Crippen LogP contribution in [-0.2, 0) is 23.3 Å². The molecule has 2 heterocycles. The molecule has 0 bridgehead atoms. The van der Waals surface area contributed by atoms with Gasteiger partial charge >= 0.3 is 24.6 Å². The van der Waals surface area contributed by atoms with Crippen molar-refractivity contribution in [3.05, 3.63) is 70.8 Å². The van der Waals surface area contributed by atoms with Gasteiger partial charge in [-0.05, 0) is 79.5 Å². The number of hydrogen-bond acceptors (Lipinski definition) is 2. The van der Waals surface area contributed by atoms with Crippen LogP contribution in [0.15, 0.2) is 48.5 Å². The molecule has 0 spiro atoms. The molecule has 5 nitrogen and oxygen atoms in total. The van der Waals surface area contributed by atoms with Crippen LogP contribution >= 0.6 is 0 Å². The van der Waals surface area contributed by atoms with Gasteiger partial charge in [-0.1, -0.05) is 12.1 Å². The first-order valence-corrected chi connectivity index (χ1v) is 13.5. The van der Waals surface area contributed by atoms with E-state index in [4.69, 9.17) is 0 Å². The minimum atomic E-state index is -5.03. The van der Waals surface area contributed by atoms with E-state index in [9.17, 15) is 49.1 Å². The van der Waals surface area contributed by atoms with Crippen molar-refractivity contribution in [2.75, 3.05) is 31.5 Å². The largest absolute Gasteiger partial charge is 0.416 e. The molecule has 0 saturated carbocycles. The molecule has 4 rings (SSSR count). The number of likely N-dealkylation sites (tertiary alicyclic amines) is 2. The molecular formula is C29H28F9N3O2. The fourth-order valence-corrected chi connectivity index (χ4v) is 5.49. The van der Waals surface area contributed by atoms with Crippen molar-refractivity contribution in [1.29, 1.82) is 0 Å². The SMILES string of the molecule is O=C(/C=C/c1cccc(C(F)(F)F)c1)N1CCC(C2CCN(C(=O)Nc3cc(C(F)(F)F)cc(C(F)(F)F)c3)CC2)CC1. The zero-order valence-corrected chi connectivity index (χ0v) is 22.6. The van der Waals surface area contributed by atoms with Gasteiger partial charge in [0, 0.05) is 37.9 Å². The first-order valence-electron chi connectivity index (χ1n) is 13.5. The van der Waals surface area contributed by atoms with Gasteiger partial charge in [0.05, 0.1) is 16.7 Å². The van der Waals surface area contributed by atoms with Gasteiger partial charge in [-0.3, -0.25) is 4.79 Å². The standard InChI is InChI=1S/C29H28F9N3O2/c30-27(31,32)21-3-1-2-18(14-21)4-5-25(42)40-10-6-19(7-11-40)20-8-12-41(13-9-20)26(43)39-24-16-22(28(33,34)35)15-23(17-24)29(36,37)38/h1-5,14-17,19-20H,6-13H2,(H,39,43)/b5-4+. The zero-order chi connectivity index (χ0) is 31.6. The lowest BCUT2D eigenvalue weighted by molar-refractivity contribution is -0.143. The van der Waals surface area contributed by atoms with Crippen LogP contribution < -0.4 is 5.32 Å². The van der Waals surface area contributed by atoms with Gasteiger partial charge in [-0.15, -0.1) is 0 Å². The Hall–Kier alpha value is -3.71. The Labute approximate surface area is 241 Å². The highest BCUT2D eigenvalue weighted by Crippen LogP contribution is 2.38. The third kappa shape index (κ3) is 8.44. The molecule has 2 aliphatic rings. The number of nitrogens with one attached hydrogen (secondary N) is 1. The van der Waals surface area contributed by atoms with Crippen LogP contribution in [0.5, 0.6) is 0 Å². The number of carbonyl (C=O) groups is 2. The quantitative estimate of drug-likeness (QED) is 0.279. The number of nitrogens with zero attached hydrogens (tertiary/aromatic N) is 2. The van der Waals surface area contributed by atoms with Crippen molar-refractivity contribution in [2.24, 2.45) is 11.8 Å². The minimum Gasteiger partial charge on any atom is -0.339 e. The topological polar surface area (TPSA) is 52.7 Å². The Morgan fingerprint density at radius 1 is 0.674 bits per heavy atom. The van der Waals surface area contributed by atoms with Gasteiger partial charge in [0.1, 0.15) is 0 Å². The van der Waals surface area contributed by atoms with E-state index in [1.807, 2.05) is 0 Å². The second-order valence-electron chi connectivity index (χ2n) is 10.7. The fraction of sp³-hybridized carbons (Fsp3) is 0.448. The number of urea groups is 1. The molecule has 2 fully saturated rings. The number of benzene rings is 2. The van der Waals surface area contributed by atoms with Gasteiger partial charge in [0.25, 0.3) is 0 Å².